The van der Waals surface area contributed by atoms with E-state index in [0.717, 1.165) is 16.6 Å². The van der Waals surface area contributed by atoms with Crippen LogP contribution >= 0.6 is 15.9 Å². The van der Waals surface area contributed by atoms with Crippen molar-refractivity contribution in [2.45, 2.75) is 13.3 Å². The van der Waals surface area contributed by atoms with Crippen molar-refractivity contribution in [3.63, 3.8) is 0 Å². The van der Waals surface area contributed by atoms with Crippen molar-refractivity contribution in [2.75, 3.05) is 0 Å². The highest BCUT2D eigenvalue weighted by molar-refractivity contribution is 9.12. The summed E-state index contributed by atoms with van der Waals surface area (Å²) in [6.45, 7) is 2.05. The molecule has 0 aliphatic carbocycles. The molecular weight excluding hydrogens is 168 g/mol. The Balaban J connectivity index is 2.66. The first-order chi connectivity index (χ1) is 3.84. The topological polar surface area (TPSA) is 26.5 Å². The van der Waals surface area contributed by atoms with Gasteiger partial charge in [0.1, 0.15) is 0 Å². The van der Waals surface area contributed by atoms with Crippen LogP contribution in [0.4, 0.5) is 0 Å². The van der Waals surface area contributed by atoms with E-state index < -0.39 is 0 Å². The predicted molar refractivity (Wildman–Crippen MR) is 36.9 cm³/mol. The molecule has 8 heavy (non-hydrogen) atoms. The lowest BCUT2D eigenvalue weighted by Crippen LogP contribution is -1.89. The Hall–Kier alpha value is -0.310. The van der Waals surface area contributed by atoms with Crippen molar-refractivity contribution in [3.8, 4) is 0 Å². The molecule has 43 valence electrons. The summed E-state index contributed by atoms with van der Waals surface area (Å²) < 4.78 is 1.01. The Morgan fingerprint density at radius 1 is 1.75 bits per heavy atom. The van der Waals surface area contributed by atoms with Crippen LogP contribution in [0.5, 0.6) is 0 Å². The molecule has 1 heterocycles. The van der Waals surface area contributed by atoms with Crippen molar-refractivity contribution in [3.05, 3.63) is 10.7 Å². The van der Waals surface area contributed by atoms with Crippen LogP contribution in [-0.4, -0.2) is 5.71 Å². The summed E-state index contributed by atoms with van der Waals surface area (Å²) in [5, 5.41) is 3.84. The SMILES string of the molecule is CCC1=N[N]C=C1Br. The van der Waals surface area contributed by atoms with Gasteiger partial charge < -0.3 is 0 Å². The van der Waals surface area contributed by atoms with E-state index in [4.69, 9.17) is 0 Å². The molecule has 1 aliphatic rings. The summed E-state index contributed by atoms with van der Waals surface area (Å²) in [5.41, 5.74) is 4.73. The van der Waals surface area contributed by atoms with Gasteiger partial charge in [0.25, 0.3) is 0 Å². The van der Waals surface area contributed by atoms with Crippen molar-refractivity contribution in [1.29, 1.82) is 0 Å². The maximum Gasteiger partial charge on any atom is 0.0785 e. The van der Waals surface area contributed by atoms with Gasteiger partial charge in [-0.2, -0.15) is 10.5 Å². The first kappa shape index (κ1) is 5.82. The molecule has 3 heteroatoms. The average Bonchev–Trinajstić information content (AvgIpc) is 2.14. The van der Waals surface area contributed by atoms with Crippen LogP contribution in [-0.2, 0) is 0 Å². The molecule has 0 saturated carbocycles. The van der Waals surface area contributed by atoms with Crippen LogP contribution in [0.2, 0.25) is 0 Å². The zero-order chi connectivity index (χ0) is 5.98. The molecule has 0 aromatic rings. The van der Waals surface area contributed by atoms with E-state index in [0.29, 0.717) is 0 Å². The van der Waals surface area contributed by atoms with Gasteiger partial charge in [-0.15, -0.1) is 0 Å². The summed E-state index contributed by atoms with van der Waals surface area (Å²) in [5.74, 6) is 0. The highest BCUT2D eigenvalue weighted by Gasteiger charge is 2.05. The molecule has 1 aliphatic heterocycles. The zero-order valence-corrected chi connectivity index (χ0v) is 6.14. The second kappa shape index (κ2) is 2.31. The van der Waals surface area contributed by atoms with E-state index in [1.807, 2.05) is 0 Å². The summed E-state index contributed by atoms with van der Waals surface area (Å²) in [7, 11) is 0. The third-order valence-electron chi connectivity index (χ3n) is 0.960. The molecule has 1 radical (unpaired) electrons. The molecule has 0 aromatic heterocycles. The Morgan fingerprint density at radius 3 is 2.75 bits per heavy atom. The molecule has 0 bridgehead atoms. The number of hydrogen-bond donors (Lipinski definition) is 0. The molecule has 0 atom stereocenters. The molecule has 2 nitrogen and oxygen atoms in total. The molecule has 0 fully saturated rings. The minimum Gasteiger partial charge on any atom is -0.158 e. The first-order valence-corrected chi connectivity index (χ1v) is 3.26. The molecule has 0 amide bonds. The molecule has 0 N–H and O–H groups in total. The lowest BCUT2D eigenvalue weighted by Gasteiger charge is -1.87. The lowest BCUT2D eigenvalue weighted by molar-refractivity contribution is 0.964. The third-order valence-corrected chi connectivity index (χ3v) is 1.62. The monoisotopic (exact) mass is 173 g/mol. The summed E-state index contributed by atoms with van der Waals surface area (Å²) in [6, 6.07) is 0. The fourth-order valence-corrected chi connectivity index (χ4v) is 0.962. The fourth-order valence-electron chi connectivity index (χ4n) is 0.511. The normalized spacial score (nSPS) is 17.2. The minimum absolute atomic E-state index is 0.945. The second-order valence-corrected chi connectivity index (χ2v) is 2.35. The van der Waals surface area contributed by atoms with Crippen LogP contribution < -0.4 is 5.43 Å². The smallest absolute Gasteiger partial charge is 0.0785 e. The average molecular weight is 174 g/mol. The Bertz CT molecular complexity index is 149. The Kier molecular flexibility index (Phi) is 1.68. The van der Waals surface area contributed by atoms with E-state index in [9.17, 15) is 0 Å². The second-order valence-electron chi connectivity index (χ2n) is 1.49. The van der Waals surface area contributed by atoms with Crippen LogP contribution in [0.3, 0.4) is 0 Å². The van der Waals surface area contributed by atoms with E-state index in [2.05, 4.69) is 33.4 Å². The van der Waals surface area contributed by atoms with Crippen molar-refractivity contribution < 1.29 is 0 Å². The molecule has 0 saturated heterocycles. The number of nitrogens with zero attached hydrogens (tertiary/aromatic N) is 2. The Morgan fingerprint density at radius 2 is 2.50 bits per heavy atom. The van der Waals surface area contributed by atoms with Crippen LogP contribution in [0, 0.1) is 0 Å². The molecule has 0 unspecified atom stereocenters. The van der Waals surface area contributed by atoms with Crippen molar-refractivity contribution in [1.82, 2.24) is 5.43 Å². The quantitative estimate of drug-likeness (QED) is 0.577. The van der Waals surface area contributed by atoms with Gasteiger partial charge >= 0.3 is 0 Å². The maximum absolute atomic E-state index is 3.84. The largest absolute Gasteiger partial charge is 0.158 e. The highest BCUT2D eigenvalue weighted by Crippen LogP contribution is 2.13. The summed E-state index contributed by atoms with van der Waals surface area (Å²) in [4.78, 5) is 0. The highest BCUT2D eigenvalue weighted by atomic mass is 79.9. The zero-order valence-electron chi connectivity index (χ0n) is 4.56. The van der Waals surface area contributed by atoms with E-state index >= 15 is 0 Å². The van der Waals surface area contributed by atoms with Gasteiger partial charge in [0.2, 0.25) is 0 Å². The van der Waals surface area contributed by atoms with Gasteiger partial charge in [0.05, 0.1) is 16.4 Å². The molecule has 0 aromatic carbocycles. The van der Waals surface area contributed by atoms with Crippen LogP contribution in [0.1, 0.15) is 13.3 Å². The van der Waals surface area contributed by atoms with Gasteiger partial charge in [-0.05, 0) is 22.4 Å². The lowest BCUT2D eigenvalue weighted by atomic mass is 10.3. The first-order valence-electron chi connectivity index (χ1n) is 2.47. The number of halogens is 1. The maximum atomic E-state index is 3.84. The Labute approximate surface area is 56.8 Å². The van der Waals surface area contributed by atoms with E-state index in [1.165, 1.54) is 0 Å². The summed E-state index contributed by atoms with van der Waals surface area (Å²) in [6.07, 6.45) is 2.65. The molecule has 0 spiro atoms. The van der Waals surface area contributed by atoms with E-state index in [1.54, 1.807) is 6.20 Å². The summed E-state index contributed by atoms with van der Waals surface area (Å²) >= 11 is 3.30. The minimum atomic E-state index is 0.945. The predicted octanol–water partition coefficient (Wildman–Crippen LogP) is 1.61. The van der Waals surface area contributed by atoms with E-state index in [-0.39, 0.29) is 0 Å². The van der Waals surface area contributed by atoms with Crippen molar-refractivity contribution >= 4 is 21.6 Å². The molecule has 1 rings (SSSR count). The van der Waals surface area contributed by atoms with Gasteiger partial charge in [0.15, 0.2) is 0 Å². The van der Waals surface area contributed by atoms with Gasteiger partial charge in [-0.3, -0.25) is 0 Å². The van der Waals surface area contributed by atoms with Gasteiger partial charge in [-0.1, -0.05) is 6.92 Å². The number of allylic oxidation sites excluding steroid dienone is 1. The molecular formula is C5H6BrN2. The fraction of sp³-hybridized carbons (Fsp3) is 0.400. The van der Waals surface area contributed by atoms with Gasteiger partial charge in [-0.25, -0.2) is 0 Å². The van der Waals surface area contributed by atoms with Crippen LogP contribution in [0.25, 0.3) is 0 Å². The number of hydrogen-bond acceptors (Lipinski definition) is 1. The van der Waals surface area contributed by atoms with Crippen molar-refractivity contribution in [2.24, 2.45) is 5.10 Å². The third kappa shape index (κ3) is 0.916. The van der Waals surface area contributed by atoms with Gasteiger partial charge in [0, 0.05) is 0 Å². The standard InChI is InChI=1S/C5H6BrN2/c1-2-5-4(6)3-7-8-5/h3H,2H2,1H3. The number of rotatable bonds is 1. The van der Waals surface area contributed by atoms with Crippen LogP contribution in [0.15, 0.2) is 15.8 Å².